The molecule has 3 nitrogen and oxygen atoms in total. The Morgan fingerprint density at radius 2 is 1.57 bits per heavy atom. The summed E-state index contributed by atoms with van der Waals surface area (Å²) < 4.78 is 16.4. The van der Waals surface area contributed by atoms with Crippen LogP contribution in [0.15, 0.2) is 65.1 Å². The maximum Gasteiger partial charge on any atom is 0.145 e. The lowest BCUT2D eigenvalue weighted by atomic mass is 10.00. The Labute approximate surface area is 140 Å². The molecule has 0 amide bonds. The Bertz CT molecular complexity index is 676. The number of nitrogens with zero attached hydrogens (tertiary/aromatic N) is 1. The van der Waals surface area contributed by atoms with E-state index in [1.807, 2.05) is 81.4 Å². The highest BCUT2D eigenvalue weighted by Gasteiger charge is 2.21. The van der Waals surface area contributed by atoms with Gasteiger partial charge in [-0.1, -0.05) is 60.7 Å². The summed E-state index contributed by atoms with van der Waals surface area (Å²) in [6.45, 7) is 5.68. The molecule has 0 saturated carbocycles. The number of benzene rings is 2. The summed E-state index contributed by atoms with van der Waals surface area (Å²) in [5.41, 5.74) is 2.38. The molecule has 0 bridgehead atoms. The van der Waals surface area contributed by atoms with Crippen LogP contribution in [-0.2, 0) is 11.0 Å². The van der Waals surface area contributed by atoms with Crippen molar-refractivity contribution >= 4 is 16.7 Å². The van der Waals surface area contributed by atoms with Crippen molar-refractivity contribution in [2.24, 2.45) is 4.40 Å². The molecule has 2 atom stereocenters. The monoisotopic (exact) mass is 329 g/mol. The molecule has 2 rings (SSSR count). The van der Waals surface area contributed by atoms with E-state index < -0.39 is 21.8 Å². The molecule has 0 heterocycles. The third kappa shape index (κ3) is 5.12. The molecule has 0 saturated heterocycles. The van der Waals surface area contributed by atoms with E-state index in [2.05, 4.69) is 4.40 Å². The number of hydrogen-bond donors (Lipinski definition) is 1. The van der Waals surface area contributed by atoms with Gasteiger partial charge in [-0.2, -0.15) is 4.40 Å². The van der Waals surface area contributed by atoms with Gasteiger partial charge in [0, 0.05) is 6.42 Å². The highest BCUT2D eigenvalue weighted by atomic mass is 32.2. The Balaban J connectivity index is 2.31. The van der Waals surface area contributed by atoms with E-state index in [1.54, 1.807) is 0 Å². The predicted molar refractivity (Wildman–Crippen MR) is 96.9 cm³/mol. The summed E-state index contributed by atoms with van der Waals surface area (Å²) in [6, 6.07) is 19.1. The average molecular weight is 329 g/mol. The van der Waals surface area contributed by atoms with Crippen LogP contribution in [0.2, 0.25) is 0 Å². The molecule has 4 heteroatoms. The topological polar surface area (TPSA) is 49.7 Å². The van der Waals surface area contributed by atoms with Gasteiger partial charge in [0.05, 0.1) is 16.6 Å². The highest BCUT2D eigenvalue weighted by molar-refractivity contribution is 7.85. The first kappa shape index (κ1) is 17.6. The van der Waals surface area contributed by atoms with Crippen LogP contribution in [0.5, 0.6) is 0 Å². The molecule has 0 unspecified atom stereocenters. The van der Waals surface area contributed by atoms with Gasteiger partial charge in [0.25, 0.3) is 0 Å². The zero-order valence-corrected chi connectivity index (χ0v) is 14.6. The van der Waals surface area contributed by atoms with Crippen molar-refractivity contribution in [1.29, 1.82) is 0 Å². The fraction of sp³-hybridized carbons (Fsp3) is 0.316. The van der Waals surface area contributed by atoms with Crippen LogP contribution in [0.3, 0.4) is 0 Å². The van der Waals surface area contributed by atoms with Gasteiger partial charge < -0.3 is 5.11 Å². The fourth-order valence-corrected chi connectivity index (χ4v) is 2.71. The maximum absolute atomic E-state index is 12.4. The summed E-state index contributed by atoms with van der Waals surface area (Å²) in [7, 11) is -1.36. The molecule has 1 N–H and O–H groups in total. The van der Waals surface area contributed by atoms with Crippen molar-refractivity contribution in [2.45, 2.75) is 38.0 Å². The summed E-state index contributed by atoms with van der Waals surface area (Å²) >= 11 is 0. The molecule has 0 radical (unpaired) electrons. The fourth-order valence-electron chi connectivity index (χ4n) is 2.05. The van der Waals surface area contributed by atoms with Gasteiger partial charge >= 0.3 is 0 Å². The molecule has 23 heavy (non-hydrogen) atoms. The largest absolute Gasteiger partial charge is 0.388 e. The summed E-state index contributed by atoms with van der Waals surface area (Å²) in [5, 5.41) is 10.5. The van der Waals surface area contributed by atoms with Gasteiger partial charge in [-0.25, -0.2) is 4.21 Å². The summed E-state index contributed by atoms with van der Waals surface area (Å²) in [4.78, 5) is 0. The lowest BCUT2D eigenvalue weighted by Gasteiger charge is -2.17. The van der Waals surface area contributed by atoms with Crippen molar-refractivity contribution in [3.63, 3.8) is 0 Å². The molecule has 0 spiro atoms. The zero-order valence-electron chi connectivity index (χ0n) is 13.8. The van der Waals surface area contributed by atoms with E-state index in [1.165, 1.54) is 0 Å². The minimum atomic E-state index is -1.36. The Kier molecular flexibility index (Phi) is 5.85. The normalized spacial score (nSPS) is 15.2. The Morgan fingerprint density at radius 1 is 1.04 bits per heavy atom. The highest BCUT2D eigenvalue weighted by Crippen LogP contribution is 2.21. The quantitative estimate of drug-likeness (QED) is 0.841. The van der Waals surface area contributed by atoms with Gasteiger partial charge in [-0.05, 0) is 31.9 Å². The number of hydrogen-bond acceptors (Lipinski definition) is 2. The van der Waals surface area contributed by atoms with Crippen molar-refractivity contribution in [2.75, 3.05) is 0 Å². The van der Waals surface area contributed by atoms with E-state index in [-0.39, 0.29) is 0 Å². The lowest BCUT2D eigenvalue weighted by molar-refractivity contribution is 0.186. The summed E-state index contributed by atoms with van der Waals surface area (Å²) in [5.74, 6) is 0. The van der Waals surface area contributed by atoms with E-state index in [0.717, 1.165) is 11.1 Å². The maximum atomic E-state index is 12.4. The second kappa shape index (κ2) is 7.66. The second-order valence-corrected chi connectivity index (χ2v) is 8.30. The van der Waals surface area contributed by atoms with Gasteiger partial charge in [0.15, 0.2) is 0 Å². The van der Waals surface area contributed by atoms with E-state index in [4.69, 9.17) is 0 Å². The van der Waals surface area contributed by atoms with Crippen LogP contribution in [-0.4, -0.2) is 19.8 Å². The molecule has 0 aliphatic rings. The number of aliphatic hydroxyl groups is 1. The van der Waals surface area contributed by atoms with Gasteiger partial charge in [-0.3, -0.25) is 0 Å². The number of rotatable bonds is 5. The molecular formula is C19H23NO2S. The molecular weight excluding hydrogens is 306 g/mol. The number of aliphatic hydroxyl groups excluding tert-OH is 1. The molecule has 0 aliphatic heterocycles. The molecule has 122 valence electrons. The second-order valence-electron chi connectivity index (χ2n) is 6.40. The molecule has 0 aromatic heterocycles. The summed E-state index contributed by atoms with van der Waals surface area (Å²) in [6.07, 6.45) is -0.345. The van der Waals surface area contributed by atoms with Gasteiger partial charge in [0.2, 0.25) is 0 Å². The van der Waals surface area contributed by atoms with Crippen LogP contribution in [0.1, 0.15) is 44.4 Å². The van der Waals surface area contributed by atoms with E-state index in [0.29, 0.717) is 12.1 Å². The van der Waals surface area contributed by atoms with E-state index in [9.17, 15) is 9.32 Å². The average Bonchev–Trinajstić information content (AvgIpc) is 2.55. The predicted octanol–water partition coefficient (Wildman–Crippen LogP) is 4.06. The third-order valence-corrected chi connectivity index (χ3v) is 4.83. The molecule has 0 aliphatic carbocycles. The van der Waals surface area contributed by atoms with Crippen LogP contribution < -0.4 is 0 Å². The molecule has 0 fully saturated rings. The first-order valence-corrected chi connectivity index (χ1v) is 8.76. The molecule has 2 aromatic rings. The standard InChI is InChI=1S/C19H23NO2S/c1-19(2,3)23(22)20-17(15-10-6-4-7-11-15)14-18(21)16-12-8-5-9-13-16/h4-13,18,21H,14H2,1-3H3/b20-17+/t18-,23+/m0/s1. The van der Waals surface area contributed by atoms with Crippen LogP contribution >= 0.6 is 0 Å². The smallest absolute Gasteiger partial charge is 0.145 e. The SMILES string of the molecule is CC(C)(C)[S@@](=O)/N=C(\C[C@H](O)c1ccccc1)c1ccccc1. The van der Waals surface area contributed by atoms with Crippen LogP contribution in [0.25, 0.3) is 0 Å². The zero-order chi connectivity index (χ0) is 16.9. The van der Waals surface area contributed by atoms with Crippen molar-refractivity contribution < 1.29 is 9.32 Å². The minimum Gasteiger partial charge on any atom is -0.388 e. The first-order chi connectivity index (χ1) is 10.9. The Hall–Kier alpha value is -1.78. The van der Waals surface area contributed by atoms with E-state index >= 15 is 0 Å². The van der Waals surface area contributed by atoms with Crippen LogP contribution in [0.4, 0.5) is 0 Å². The first-order valence-electron chi connectivity index (χ1n) is 7.66. The Morgan fingerprint density at radius 3 is 2.09 bits per heavy atom. The van der Waals surface area contributed by atoms with Crippen LogP contribution in [0, 0.1) is 0 Å². The molecule has 2 aromatic carbocycles. The lowest BCUT2D eigenvalue weighted by Crippen LogP contribution is -2.21. The van der Waals surface area contributed by atoms with Gasteiger partial charge in [0.1, 0.15) is 11.0 Å². The van der Waals surface area contributed by atoms with Crippen molar-refractivity contribution in [3.8, 4) is 0 Å². The van der Waals surface area contributed by atoms with Crippen molar-refractivity contribution in [1.82, 2.24) is 0 Å². The van der Waals surface area contributed by atoms with Gasteiger partial charge in [-0.15, -0.1) is 0 Å². The van der Waals surface area contributed by atoms with Crippen molar-refractivity contribution in [3.05, 3.63) is 71.8 Å². The minimum absolute atomic E-state index is 0.329. The third-order valence-electron chi connectivity index (χ3n) is 3.40.